The largest absolute Gasteiger partial charge is 0.329 e. The van der Waals surface area contributed by atoms with Gasteiger partial charge in [0.1, 0.15) is 0 Å². The highest BCUT2D eigenvalue weighted by molar-refractivity contribution is 5.10. The molecule has 0 aromatic heterocycles. The number of likely N-dealkylation sites (tertiary alicyclic amines) is 1. The van der Waals surface area contributed by atoms with Crippen molar-refractivity contribution in [2.45, 2.75) is 44.2 Å². The van der Waals surface area contributed by atoms with E-state index in [1.54, 1.807) is 0 Å². The Morgan fingerprint density at radius 3 is 2.50 bits per heavy atom. The van der Waals surface area contributed by atoms with Crippen molar-refractivity contribution in [1.82, 2.24) is 9.80 Å². The molecule has 2 N–H and O–H groups in total. The maximum Gasteiger partial charge on any atom is 0.0363 e. The van der Waals surface area contributed by atoms with Gasteiger partial charge in [-0.3, -0.25) is 4.90 Å². The van der Waals surface area contributed by atoms with E-state index in [1.807, 2.05) is 0 Å². The fraction of sp³-hybridized carbons (Fsp3) is 1.00. The van der Waals surface area contributed by atoms with Crippen molar-refractivity contribution in [1.29, 1.82) is 0 Å². The van der Waals surface area contributed by atoms with Gasteiger partial charge < -0.3 is 10.6 Å². The van der Waals surface area contributed by atoms with Crippen LogP contribution in [-0.4, -0.2) is 55.1 Å². The van der Waals surface area contributed by atoms with Crippen molar-refractivity contribution in [3.8, 4) is 0 Å². The standard InChI is InChI=1S/C15H29N3/c1-11-8-18(9-14(11)17(2)3)15(10-16)7-12-4-5-13(15)6-12/h11-14H,4-10,16H2,1-3H3. The first-order valence-electron chi connectivity index (χ1n) is 7.68. The van der Waals surface area contributed by atoms with E-state index in [4.69, 9.17) is 5.73 Å². The molecule has 3 fully saturated rings. The number of nitrogens with two attached hydrogens (primary N) is 1. The molecule has 0 radical (unpaired) electrons. The zero-order valence-corrected chi connectivity index (χ0v) is 12.2. The van der Waals surface area contributed by atoms with E-state index in [9.17, 15) is 0 Å². The zero-order valence-electron chi connectivity index (χ0n) is 12.2. The number of hydrogen-bond donors (Lipinski definition) is 1. The third kappa shape index (κ3) is 1.75. The van der Waals surface area contributed by atoms with Gasteiger partial charge in [0.25, 0.3) is 0 Å². The van der Waals surface area contributed by atoms with Crippen LogP contribution in [0.5, 0.6) is 0 Å². The quantitative estimate of drug-likeness (QED) is 0.822. The van der Waals surface area contributed by atoms with Gasteiger partial charge in [0.05, 0.1) is 0 Å². The minimum atomic E-state index is 0.363. The van der Waals surface area contributed by atoms with E-state index < -0.39 is 0 Å². The first kappa shape index (κ1) is 12.9. The third-order valence-corrected chi connectivity index (χ3v) is 6.16. The number of rotatable bonds is 3. The molecule has 0 aromatic carbocycles. The molecule has 3 nitrogen and oxygen atoms in total. The van der Waals surface area contributed by atoms with Crippen LogP contribution in [0.1, 0.15) is 32.6 Å². The Morgan fingerprint density at radius 1 is 1.28 bits per heavy atom. The lowest BCUT2D eigenvalue weighted by Gasteiger charge is -2.45. The Balaban J connectivity index is 1.78. The minimum Gasteiger partial charge on any atom is -0.329 e. The second-order valence-corrected chi connectivity index (χ2v) is 7.30. The van der Waals surface area contributed by atoms with Crippen LogP contribution in [0.25, 0.3) is 0 Å². The molecule has 0 spiro atoms. The molecule has 5 atom stereocenters. The Bertz CT molecular complexity index is 317. The lowest BCUT2D eigenvalue weighted by molar-refractivity contribution is 0.0569. The van der Waals surface area contributed by atoms with Gasteiger partial charge in [0, 0.05) is 31.2 Å². The third-order valence-electron chi connectivity index (χ3n) is 6.16. The van der Waals surface area contributed by atoms with Crippen LogP contribution in [0.15, 0.2) is 0 Å². The van der Waals surface area contributed by atoms with Crippen LogP contribution in [0.3, 0.4) is 0 Å². The first-order chi connectivity index (χ1) is 8.56. The molecular weight excluding hydrogens is 222 g/mol. The van der Waals surface area contributed by atoms with Crippen LogP contribution in [0.4, 0.5) is 0 Å². The van der Waals surface area contributed by atoms with E-state index in [1.165, 1.54) is 38.8 Å². The van der Waals surface area contributed by atoms with Crippen LogP contribution < -0.4 is 5.73 Å². The summed E-state index contributed by atoms with van der Waals surface area (Å²) in [6.45, 7) is 5.76. The molecule has 18 heavy (non-hydrogen) atoms. The minimum absolute atomic E-state index is 0.363. The lowest BCUT2D eigenvalue weighted by atomic mass is 9.79. The summed E-state index contributed by atoms with van der Waals surface area (Å²) in [5.74, 6) is 2.65. The summed E-state index contributed by atoms with van der Waals surface area (Å²) < 4.78 is 0. The van der Waals surface area contributed by atoms with Gasteiger partial charge >= 0.3 is 0 Å². The van der Waals surface area contributed by atoms with Gasteiger partial charge in [-0.25, -0.2) is 0 Å². The summed E-state index contributed by atoms with van der Waals surface area (Å²) in [5, 5.41) is 0. The van der Waals surface area contributed by atoms with Crippen molar-refractivity contribution in [3.63, 3.8) is 0 Å². The molecule has 5 unspecified atom stereocenters. The Morgan fingerprint density at radius 2 is 2.06 bits per heavy atom. The molecule has 2 saturated carbocycles. The normalized spacial score (nSPS) is 48.5. The van der Waals surface area contributed by atoms with Crippen molar-refractivity contribution < 1.29 is 0 Å². The van der Waals surface area contributed by atoms with Crippen LogP contribution >= 0.6 is 0 Å². The van der Waals surface area contributed by atoms with Gasteiger partial charge in [-0.05, 0) is 51.1 Å². The summed E-state index contributed by atoms with van der Waals surface area (Å²) in [4.78, 5) is 5.17. The summed E-state index contributed by atoms with van der Waals surface area (Å²) in [5.41, 5.74) is 6.61. The Kier molecular flexibility index (Phi) is 3.20. The maximum absolute atomic E-state index is 6.25. The topological polar surface area (TPSA) is 32.5 Å². The van der Waals surface area contributed by atoms with E-state index >= 15 is 0 Å². The summed E-state index contributed by atoms with van der Waals surface area (Å²) >= 11 is 0. The molecule has 3 rings (SSSR count). The second kappa shape index (κ2) is 4.46. The molecule has 3 aliphatic rings. The van der Waals surface area contributed by atoms with E-state index in [-0.39, 0.29) is 0 Å². The smallest absolute Gasteiger partial charge is 0.0363 e. The Hall–Kier alpha value is -0.120. The highest BCUT2D eigenvalue weighted by atomic mass is 15.3. The summed E-state index contributed by atoms with van der Waals surface area (Å²) in [6, 6.07) is 0.715. The fourth-order valence-corrected chi connectivity index (χ4v) is 5.17. The van der Waals surface area contributed by atoms with Crippen LogP contribution in [0, 0.1) is 17.8 Å². The van der Waals surface area contributed by atoms with Gasteiger partial charge in [0.15, 0.2) is 0 Å². The van der Waals surface area contributed by atoms with Gasteiger partial charge in [-0.15, -0.1) is 0 Å². The molecular formula is C15H29N3. The molecule has 1 saturated heterocycles. The molecule has 0 aromatic rings. The average Bonchev–Trinajstić information content (AvgIpc) is 3.01. The SMILES string of the molecule is CC1CN(C2(CN)CC3CCC2C3)CC1N(C)C. The van der Waals surface area contributed by atoms with Gasteiger partial charge in [0.2, 0.25) is 0 Å². The number of likely N-dealkylation sites (N-methyl/N-ethyl adjacent to an activating group) is 1. The monoisotopic (exact) mass is 251 g/mol. The fourth-order valence-electron chi connectivity index (χ4n) is 5.17. The summed E-state index contributed by atoms with van der Waals surface area (Å²) in [7, 11) is 4.45. The predicted octanol–water partition coefficient (Wildman–Crippen LogP) is 1.39. The van der Waals surface area contributed by atoms with E-state index in [2.05, 4.69) is 30.8 Å². The molecule has 2 aliphatic carbocycles. The summed E-state index contributed by atoms with van der Waals surface area (Å²) in [6.07, 6.45) is 5.72. The highest BCUT2D eigenvalue weighted by Gasteiger charge is 2.55. The molecule has 0 amide bonds. The first-order valence-corrected chi connectivity index (χ1v) is 7.68. The molecule has 1 heterocycles. The van der Waals surface area contributed by atoms with Crippen molar-refractivity contribution in [2.75, 3.05) is 33.7 Å². The van der Waals surface area contributed by atoms with Gasteiger partial charge in [-0.2, -0.15) is 0 Å². The number of nitrogens with zero attached hydrogens (tertiary/aromatic N) is 2. The molecule has 2 bridgehead atoms. The zero-order chi connectivity index (χ0) is 12.9. The predicted molar refractivity (Wildman–Crippen MR) is 75.4 cm³/mol. The van der Waals surface area contributed by atoms with E-state index in [0.717, 1.165) is 24.3 Å². The lowest BCUT2D eigenvalue weighted by Crippen LogP contribution is -2.57. The van der Waals surface area contributed by atoms with Crippen LogP contribution in [0.2, 0.25) is 0 Å². The second-order valence-electron chi connectivity index (χ2n) is 7.30. The molecule has 3 heteroatoms. The molecule has 1 aliphatic heterocycles. The van der Waals surface area contributed by atoms with Crippen molar-refractivity contribution in [3.05, 3.63) is 0 Å². The van der Waals surface area contributed by atoms with Crippen LogP contribution in [-0.2, 0) is 0 Å². The number of hydrogen-bond acceptors (Lipinski definition) is 3. The van der Waals surface area contributed by atoms with Crippen molar-refractivity contribution in [2.24, 2.45) is 23.5 Å². The highest BCUT2D eigenvalue weighted by Crippen LogP contribution is 2.54. The average molecular weight is 251 g/mol. The van der Waals surface area contributed by atoms with Crippen molar-refractivity contribution >= 4 is 0 Å². The number of fused-ring (bicyclic) bond motifs is 2. The Labute approximate surface area is 112 Å². The van der Waals surface area contributed by atoms with E-state index in [0.29, 0.717) is 11.6 Å². The van der Waals surface area contributed by atoms with Gasteiger partial charge in [-0.1, -0.05) is 13.3 Å². The molecule has 104 valence electrons. The maximum atomic E-state index is 6.25.